The van der Waals surface area contributed by atoms with Crippen LogP contribution in [0.2, 0.25) is 0 Å². The molecule has 1 amide bonds. The largest absolute Gasteiger partial charge is 0.342 e. The number of benzene rings is 1. The molecule has 0 spiro atoms. The first-order valence-corrected chi connectivity index (χ1v) is 12.1. The predicted molar refractivity (Wildman–Crippen MR) is 118 cm³/mol. The average molecular weight is 415 g/mol. The van der Waals surface area contributed by atoms with E-state index in [1.54, 1.807) is 0 Å². The summed E-state index contributed by atoms with van der Waals surface area (Å²) in [6.07, 6.45) is 10.2. The van der Waals surface area contributed by atoms with E-state index in [9.17, 15) is 4.79 Å². The SMILES string of the molecule is CN(C(=O)C12CC3C[C@@](CCCl)(C1)C[C@](c1ccccc1)(C3)C2)C1CCNCC1. The van der Waals surface area contributed by atoms with Gasteiger partial charge in [0, 0.05) is 19.0 Å². The zero-order valence-corrected chi connectivity index (χ0v) is 18.5. The van der Waals surface area contributed by atoms with Crippen molar-refractivity contribution in [2.75, 3.05) is 26.0 Å². The molecule has 1 aliphatic heterocycles. The van der Waals surface area contributed by atoms with E-state index in [4.69, 9.17) is 11.6 Å². The van der Waals surface area contributed by atoms with Crippen molar-refractivity contribution >= 4 is 17.5 Å². The van der Waals surface area contributed by atoms with Gasteiger partial charge in [-0.1, -0.05) is 30.3 Å². The van der Waals surface area contributed by atoms with Crippen LogP contribution < -0.4 is 5.32 Å². The zero-order chi connectivity index (χ0) is 20.1. The number of carbonyl (C=O) groups is 1. The molecule has 0 aromatic heterocycles. The molecular formula is C25H35ClN2O. The van der Waals surface area contributed by atoms with Crippen molar-refractivity contribution in [2.45, 2.75) is 69.2 Å². The summed E-state index contributed by atoms with van der Waals surface area (Å²) < 4.78 is 0. The molecule has 6 rings (SSSR count). The number of halogens is 1. The summed E-state index contributed by atoms with van der Waals surface area (Å²) in [5, 5.41) is 3.44. The molecule has 4 aliphatic carbocycles. The highest BCUT2D eigenvalue weighted by molar-refractivity contribution is 6.17. The van der Waals surface area contributed by atoms with Crippen LogP contribution >= 0.6 is 11.6 Å². The molecule has 1 saturated heterocycles. The minimum Gasteiger partial charge on any atom is -0.342 e. The first kappa shape index (κ1) is 19.9. The Morgan fingerprint density at radius 2 is 1.86 bits per heavy atom. The van der Waals surface area contributed by atoms with E-state index in [1.807, 2.05) is 0 Å². The second-order valence-electron chi connectivity index (χ2n) is 10.8. The van der Waals surface area contributed by atoms with E-state index in [0.29, 0.717) is 23.7 Å². The number of carbonyl (C=O) groups excluding carboxylic acids is 1. The number of nitrogens with one attached hydrogen (secondary N) is 1. The summed E-state index contributed by atoms with van der Waals surface area (Å²) in [4.78, 5) is 16.2. The molecule has 158 valence electrons. The Balaban J connectivity index is 1.52. The van der Waals surface area contributed by atoms with Gasteiger partial charge in [0.25, 0.3) is 0 Å². The molecule has 3 nitrogen and oxygen atoms in total. The zero-order valence-electron chi connectivity index (χ0n) is 17.8. The van der Waals surface area contributed by atoms with E-state index in [0.717, 1.165) is 51.6 Å². The third-order valence-electron chi connectivity index (χ3n) is 8.83. The lowest BCUT2D eigenvalue weighted by Gasteiger charge is -2.67. The van der Waals surface area contributed by atoms with Crippen molar-refractivity contribution in [1.29, 1.82) is 0 Å². The summed E-state index contributed by atoms with van der Waals surface area (Å²) in [7, 11) is 2.08. The Morgan fingerprint density at radius 3 is 2.59 bits per heavy atom. The summed E-state index contributed by atoms with van der Waals surface area (Å²) in [5.74, 6) is 1.82. The topological polar surface area (TPSA) is 32.3 Å². The van der Waals surface area contributed by atoms with Gasteiger partial charge in [0.1, 0.15) is 0 Å². The molecule has 5 aliphatic rings. The van der Waals surface area contributed by atoms with Gasteiger partial charge in [-0.2, -0.15) is 0 Å². The molecule has 1 N–H and O–H groups in total. The molecule has 5 fully saturated rings. The molecule has 4 atom stereocenters. The number of rotatable bonds is 5. The summed E-state index contributed by atoms with van der Waals surface area (Å²) >= 11 is 6.34. The average Bonchev–Trinajstić information content (AvgIpc) is 2.73. The number of alkyl halides is 1. The fourth-order valence-electron chi connectivity index (χ4n) is 8.20. The highest BCUT2D eigenvalue weighted by Gasteiger charge is 2.66. The standard InChI is InChI=1S/C25H35ClN2O/c1-28(21-7-11-27-12-8-21)22(29)25-15-19-13-23(17-25,9-10-26)16-24(14-19,18-25)20-5-3-2-4-6-20/h2-6,19,21,27H,7-18H2,1H3/t19?,23-,24-,25?/m1/s1. The summed E-state index contributed by atoms with van der Waals surface area (Å²) in [6.45, 7) is 2.06. The lowest BCUT2D eigenvalue weighted by atomic mass is 9.37. The van der Waals surface area contributed by atoms with Gasteiger partial charge in [0.05, 0.1) is 5.41 Å². The quantitative estimate of drug-likeness (QED) is 0.706. The molecule has 1 heterocycles. The van der Waals surface area contributed by atoms with Gasteiger partial charge in [-0.15, -0.1) is 11.6 Å². The van der Waals surface area contributed by atoms with Crippen LogP contribution in [0.3, 0.4) is 0 Å². The number of hydrogen-bond donors (Lipinski definition) is 1. The lowest BCUT2D eigenvalue weighted by Crippen LogP contribution is -2.63. The van der Waals surface area contributed by atoms with E-state index in [2.05, 4.69) is 47.6 Å². The van der Waals surface area contributed by atoms with E-state index in [-0.39, 0.29) is 16.2 Å². The number of amides is 1. The Kier molecular flexibility index (Phi) is 4.98. The molecular weight excluding hydrogens is 380 g/mol. The highest BCUT2D eigenvalue weighted by Crippen LogP contribution is 2.71. The van der Waals surface area contributed by atoms with Gasteiger partial charge < -0.3 is 10.2 Å². The maximum Gasteiger partial charge on any atom is 0.228 e. The normalized spacial score (nSPS) is 38.9. The third kappa shape index (κ3) is 3.24. The first-order chi connectivity index (χ1) is 14.0. The van der Waals surface area contributed by atoms with E-state index >= 15 is 0 Å². The molecule has 1 aromatic carbocycles. The van der Waals surface area contributed by atoms with Gasteiger partial charge in [0.2, 0.25) is 5.91 Å². The van der Waals surface area contributed by atoms with E-state index in [1.165, 1.54) is 24.8 Å². The fraction of sp³-hybridized carbons (Fsp3) is 0.720. The van der Waals surface area contributed by atoms with Crippen LogP contribution in [-0.2, 0) is 10.2 Å². The van der Waals surface area contributed by atoms with Gasteiger partial charge in [-0.3, -0.25) is 4.79 Å². The lowest BCUT2D eigenvalue weighted by molar-refractivity contribution is -0.174. The van der Waals surface area contributed by atoms with Crippen LogP contribution in [0.5, 0.6) is 0 Å². The van der Waals surface area contributed by atoms with Crippen LogP contribution in [0.4, 0.5) is 0 Å². The van der Waals surface area contributed by atoms with Crippen LogP contribution in [0, 0.1) is 16.7 Å². The first-order valence-electron chi connectivity index (χ1n) is 11.6. The Hall–Kier alpha value is -1.06. The minimum atomic E-state index is -0.180. The maximum atomic E-state index is 14.1. The Morgan fingerprint density at radius 1 is 1.10 bits per heavy atom. The van der Waals surface area contributed by atoms with Crippen LogP contribution in [0.1, 0.15) is 63.4 Å². The van der Waals surface area contributed by atoms with E-state index < -0.39 is 0 Å². The van der Waals surface area contributed by atoms with Crippen molar-refractivity contribution in [3.8, 4) is 0 Å². The molecule has 4 heteroatoms. The Labute approximate surface area is 180 Å². The van der Waals surface area contributed by atoms with Crippen LogP contribution in [0.25, 0.3) is 0 Å². The predicted octanol–water partition coefficient (Wildman–Crippen LogP) is 4.73. The number of hydrogen-bond acceptors (Lipinski definition) is 2. The van der Waals surface area contributed by atoms with Gasteiger partial charge >= 0.3 is 0 Å². The summed E-state index contributed by atoms with van der Waals surface area (Å²) in [5.41, 5.74) is 1.70. The summed E-state index contributed by atoms with van der Waals surface area (Å²) in [6, 6.07) is 11.5. The second-order valence-corrected chi connectivity index (χ2v) is 11.1. The van der Waals surface area contributed by atoms with Crippen LogP contribution in [-0.4, -0.2) is 42.9 Å². The van der Waals surface area contributed by atoms with Crippen molar-refractivity contribution in [2.24, 2.45) is 16.7 Å². The molecule has 4 saturated carbocycles. The molecule has 2 unspecified atom stereocenters. The molecule has 1 aromatic rings. The van der Waals surface area contributed by atoms with Crippen molar-refractivity contribution < 1.29 is 4.79 Å². The highest BCUT2D eigenvalue weighted by atomic mass is 35.5. The Bertz CT molecular complexity index is 763. The second kappa shape index (κ2) is 7.27. The van der Waals surface area contributed by atoms with Gasteiger partial charge in [0.15, 0.2) is 0 Å². The molecule has 0 radical (unpaired) electrons. The number of piperidine rings is 1. The van der Waals surface area contributed by atoms with Gasteiger partial charge in [-0.25, -0.2) is 0 Å². The van der Waals surface area contributed by atoms with Crippen molar-refractivity contribution in [3.05, 3.63) is 35.9 Å². The minimum absolute atomic E-state index is 0.164. The molecule has 29 heavy (non-hydrogen) atoms. The van der Waals surface area contributed by atoms with Crippen molar-refractivity contribution in [1.82, 2.24) is 10.2 Å². The third-order valence-corrected chi connectivity index (χ3v) is 9.01. The van der Waals surface area contributed by atoms with Crippen molar-refractivity contribution in [3.63, 3.8) is 0 Å². The van der Waals surface area contributed by atoms with Crippen LogP contribution in [0.15, 0.2) is 30.3 Å². The number of nitrogens with zero attached hydrogens (tertiary/aromatic N) is 1. The van der Waals surface area contributed by atoms with Gasteiger partial charge in [-0.05, 0) is 93.2 Å². The molecule has 4 bridgehead atoms. The monoisotopic (exact) mass is 414 g/mol. The fourth-order valence-corrected chi connectivity index (χ4v) is 8.60. The maximum absolute atomic E-state index is 14.1. The smallest absolute Gasteiger partial charge is 0.228 e.